The van der Waals surface area contributed by atoms with Crippen LogP contribution in [0.1, 0.15) is 12.5 Å². The van der Waals surface area contributed by atoms with E-state index in [-0.39, 0.29) is 12.5 Å². The molecule has 0 aliphatic carbocycles. The highest BCUT2D eigenvalue weighted by molar-refractivity contribution is 7.80. The molecule has 0 spiro atoms. The molecular formula is C11H14N2O2S. The smallest absolute Gasteiger partial charge is 0.250 e. The number of benzene rings is 1. The Balaban J connectivity index is 2.63. The minimum Gasteiger partial charge on any atom is -0.389 e. The lowest BCUT2D eigenvalue weighted by atomic mass is 10.2. The number of thiocarbonyl (C=S) groups is 1. The van der Waals surface area contributed by atoms with E-state index in [1.807, 2.05) is 6.92 Å². The van der Waals surface area contributed by atoms with Crippen LogP contribution in [-0.2, 0) is 9.53 Å². The Kier molecular flexibility index (Phi) is 4.88. The number of carbonyl (C=O) groups is 1. The van der Waals surface area contributed by atoms with Gasteiger partial charge in [0.25, 0.3) is 0 Å². The zero-order valence-electron chi connectivity index (χ0n) is 9.03. The second-order valence-corrected chi connectivity index (χ2v) is 3.57. The highest BCUT2D eigenvalue weighted by Gasteiger charge is 2.03. The van der Waals surface area contributed by atoms with Gasteiger partial charge in [0.1, 0.15) is 11.6 Å². The van der Waals surface area contributed by atoms with Gasteiger partial charge in [-0.2, -0.15) is 0 Å². The summed E-state index contributed by atoms with van der Waals surface area (Å²) in [5, 5.41) is 2.69. The van der Waals surface area contributed by atoms with Gasteiger partial charge in [0.2, 0.25) is 5.91 Å². The van der Waals surface area contributed by atoms with Crippen molar-refractivity contribution in [3.63, 3.8) is 0 Å². The van der Waals surface area contributed by atoms with E-state index in [9.17, 15) is 4.79 Å². The third-order valence-corrected chi connectivity index (χ3v) is 2.10. The van der Waals surface area contributed by atoms with E-state index >= 15 is 0 Å². The monoisotopic (exact) mass is 238 g/mol. The summed E-state index contributed by atoms with van der Waals surface area (Å²) in [6.07, 6.45) is 0. The molecule has 5 heteroatoms. The highest BCUT2D eigenvalue weighted by atomic mass is 32.1. The molecule has 0 atom stereocenters. The summed E-state index contributed by atoms with van der Waals surface area (Å²) in [4.78, 5) is 11.7. The van der Waals surface area contributed by atoms with Crippen molar-refractivity contribution in [3.05, 3.63) is 29.8 Å². The van der Waals surface area contributed by atoms with Crippen LogP contribution in [0.5, 0.6) is 0 Å². The molecule has 4 nitrogen and oxygen atoms in total. The van der Waals surface area contributed by atoms with Gasteiger partial charge >= 0.3 is 0 Å². The van der Waals surface area contributed by atoms with E-state index in [0.717, 1.165) is 5.56 Å². The molecule has 0 radical (unpaired) electrons. The molecule has 0 saturated carbocycles. The van der Waals surface area contributed by atoms with Gasteiger partial charge in [0.15, 0.2) is 0 Å². The molecule has 1 rings (SSSR count). The third kappa shape index (κ3) is 3.96. The fraction of sp³-hybridized carbons (Fsp3) is 0.273. The number of carbonyl (C=O) groups excluding carboxylic acids is 1. The maximum atomic E-state index is 11.4. The van der Waals surface area contributed by atoms with Crippen LogP contribution in [0.4, 0.5) is 5.69 Å². The van der Waals surface area contributed by atoms with Crippen LogP contribution in [0, 0.1) is 0 Å². The second-order valence-electron chi connectivity index (χ2n) is 3.13. The van der Waals surface area contributed by atoms with E-state index in [0.29, 0.717) is 17.3 Å². The summed E-state index contributed by atoms with van der Waals surface area (Å²) in [6, 6.07) is 7.07. The minimum absolute atomic E-state index is 0.0494. The number of hydrogen-bond acceptors (Lipinski definition) is 3. The predicted molar refractivity (Wildman–Crippen MR) is 67.5 cm³/mol. The largest absolute Gasteiger partial charge is 0.389 e. The molecule has 0 aromatic heterocycles. The van der Waals surface area contributed by atoms with E-state index in [4.69, 9.17) is 22.7 Å². The van der Waals surface area contributed by atoms with Gasteiger partial charge in [-0.25, -0.2) is 0 Å². The van der Waals surface area contributed by atoms with Crippen molar-refractivity contribution in [2.75, 3.05) is 18.5 Å². The van der Waals surface area contributed by atoms with Gasteiger partial charge < -0.3 is 15.8 Å². The molecule has 3 N–H and O–H groups in total. The first-order chi connectivity index (χ1) is 7.63. The molecule has 1 aromatic carbocycles. The summed E-state index contributed by atoms with van der Waals surface area (Å²) in [7, 11) is 0. The molecule has 0 aliphatic heterocycles. The average molecular weight is 238 g/mol. The maximum Gasteiger partial charge on any atom is 0.250 e. The highest BCUT2D eigenvalue weighted by Crippen LogP contribution is 2.10. The lowest BCUT2D eigenvalue weighted by Crippen LogP contribution is -2.18. The number of nitrogens with two attached hydrogens (primary N) is 1. The number of amides is 1. The van der Waals surface area contributed by atoms with Gasteiger partial charge in [-0.05, 0) is 19.1 Å². The Morgan fingerprint density at radius 2 is 2.31 bits per heavy atom. The van der Waals surface area contributed by atoms with E-state index in [2.05, 4.69) is 5.32 Å². The van der Waals surface area contributed by atoms with Gasteiger partial charge in [-0.15, -0.1) is 0 Å². The van der Waals surface area contributed by atoms with Crippen LogP contribution in [0.2, 0.25) is 0 Å². The molecule has 1 aromatic rings. The fourth-order valence-corrected chi connectivity index (χ4v) is 1.27. The predicted octanol–water partition coefficient (Wildman–Crippen LogP) is 1.30. The van der Waals surface area contributed by atoms with Crippen molar-refractivity contribution < 1.29 is 9.53 Å². The standard InChI is InChI=1S/C11H14N2O2S/c1-2-15-7-10(14)13-9-5-3-4-8(6-9)11(12)16/h3-6H,2,7H2,1H3,(H2,12,16)(H,13,14). The summed E-state index contributed by atoms with van der Waals surface area (Å²) < 4.78 is 4.98. The molecule has 0 unspecified atom stereocenters. The molecular weight excluding hydrogens is 224 g/mol. The molecule has 0 saturated heterocycles. The van der Waals surface area contributed by atoms with Crippen LogP contribution < -0.4 is 11.1 Å². The number of hydrogen-bond donors (Lipinski definition) is 2. The van der Waals surface area contributed by atoms with Crippen LogP contribution >= 0.6 is 12.2 Å². The van der Waals surface area contributed by atoms with Crippen LogP contribution in [0.15, 0.2) is 24.3 Å². The molecule has 1 amide bonds. The zero-order chi connectivity index (χ0) is 12.0. The van der Waals surface area contributed by atoms with E-state index < -0.39 is 0 Å². The molecule has 0 fully saturated rings. The molecule has 0 aliphatic rings. The maximum absolute atomic E-state index is 11.4. The quantitative estimate of drug-likeness (QED) is 0.759. The Morgan fingerprint density at radius 1 is 1.56 bits per heavy atom. The fourth-order valence-electron chi connectivity index (χ4n) is 1.14. The summed E-state index contributed by atoms with van der Waals surface area (Å²) in [5.41, 5.74) is 6.88. The van der Waals surface area contributed by atoms with Crippen LogP contribution in [0.3, 0.4) is 0 Å². The topological polar surface area (TPSA) is 64.3 Å². The first kappa shape index (κ1) is 12.6. The number of nitrogens with one attached hydrogen (secondary N) is 1. The van der Waals surface area contributed by atoms with Gasteiger partial charge in [-0.1, -0.05) is 24.4 Å². The van der Waals surface area contributed by atoms with Gasteiger partial charge in [0, 0.05) is 17.9 Å². The van der Waals surface area contributed by atoms with Crippen LogP contribution in [0.25, 0.3) is 0 Å². The number of anilines is 1. The van der Waals surface area contributed by atoms with Crippen molar-refractivity contribution in [1.29, 1.82) is 0 Å². The van der Waals surface area contributed by atoms with Gasteiger partial charge in [0.05, 0.1) is 0 Å². The summed E-state index contributed by atoms with van der Waals surface area (Å²) in [5.74, 6) is -0.193. The summed E-state index contributed by atoms with van der Waals surface area (Å²) in [6.45, 7) is 2.40. The first-order valence-electron chi connectivity index (χ1n) is 4.91. The molecule has 86 valence electrons. The lowest BCUT2D eigenvalue weighted by molar-refractivity contribution is -0.120. The second kappa shape index (κ2) is 6.19. The Morgan fingerprint density at radius 3 is 2.94 bits per heavy atom. The first-order valence-corrected chi connectivity index (χ1v) is 5.31. The molecule has 0 heterocycles. The van der Waals surface area contributed by atoms with Crippen molar-refractivity contribution in [2.45, 2.75) is 6.92 Å². The van der Waals surface area contributed by atoms with E-state index in [1.54, 1.807) is 24.3 Å². The Bertz CT molecular complexity index is 393. The third-order valence-electron chi connectivity index (χ3n) is 1.87. The zero-order valence-corrected chi connectivity index (χ0v) is 9.84. The number of rotatable bonds is 5. The molecule has 0 bridgehead atoms. The normalized spacial score (nSPS) is 9.81. The van der Waals surface area contributed by atoms with Gasteiger partial charge in [-0.3, -0.25) is 4.79 Å². The molecule has 16 heavy (non-hydrogen) atoms. The van der Waals surface area contributed by atoms with Crippen molar-refractivity contribution in [3.8, 4) is 0 Å². The SMILES string of the molecule is CCOCC(=O)Nc1cccc(C(N)=S)c1. The lowest BCUT2D eigenvalue weighted by Gasteiger charge is -2.06. The average Bonchev–Trinajstić information content (AvgIpc) is 2.26. The van der Waals surface area contributed by atoms with Crippen molar-refractivity contribution in [2.24, 2.45) is 5.73 Å². The minimum atomic E-state index is -0.193. The Labute approximate surface area is 99.8 Å². The van der Waals surface area contributed by atoms with Crippen molar-refractivity contribution >= 4 is 28.8 Å². The number of ether oxygens (including phenoxy) is 1. The summed E-state index contributed by atoms with van der Waals surface area (Å²) >= 11 is 4.85. The van der Waals surface area contributed by atoms with Crippen molar-refractivity contribution in [1.82, 2.24) is 0 Å². The Hall–Kier alpha value is -1.46. The van der Waals surface area contributed by atoms with E-state index in [1.165, 1.54) is 0 Å². The van der Waals surface area contributed by atoms with Crippen LogP contribution in [-0.4, -0.2) is 24.1 Å².